The fourth-order valence-electron chi connectivity index (χ4n) is 2.62. The Labute approximate surface area is 121 Å². The van der Waals surface area contributed by atoms with E-state index in [-0.39, 0.29) is 6.10 Å². The summed E-state index contributed by atoms with van der Waals surface area (Å²) in [6.07, 6.45) is 4.70. The number of aromatic nitrogens is 3. The average molecular weight is 290 g/mol. The van der Waals surface area contributed by atoms with Crippen LogP contribution < -0.4 is 5.32 Å². The summed E-state index contributed by atoms with van der Waals surface area (Å²) in [5.41, 5.74) is 0.898. The first-order valence-electron chi connectivity index (χ1n) is 7.05. The molecule has 0 spiro atoms. The Morgan fingerprint density at radius 2 is 2.14 bits per heavy atom. The number of aliphatic hydroxyl groups excluding tert-OH is 1. The zero-order chi connectivity index (χ0) is 14.8. The largest absolute Gasteiger partial charge is 0.464 e. The molecule has 2 heterocycles. The van der Waals surface area contributed by atoms with E-state index in [1.807, 2.05) is 6.07 Å². The van der Waals surface area contributed by atoms with E-state index in [9.17, 15) is 9.90 Å². The minimum absolute atomic E-state index is 0.182. The van der Waals surface area contributed by atoms with E-state index in [0.717, 1.165) is 25.7 Å². The van der Waals surface area contributed by atoms with E-state index in [4.69, 9.17) is 4.74 Å². The molecule has 2 aromatic heterocycles. The topological polar surface area (TPSA) is 88.8 Å². The van der Waals surface area contributed by atoms with E-state index >= 15 is 0 Å². The molecule has 0 aromatic carbocycles. The van der Waals surface area contributed by atoms with Gasteiger partial charge < -0.3 is 15.2 Å². The second-order valence-electron chi connectivity index (χ2n) is 5.27. The van der Waals surface area contributed by atoms with Crippen LogP contribution in [0.25, 0.3) is 5.65 Å². The van der Waals surface area contributed by atoms with Gasteiger partial charge in [-0.15, -0.1) is 5.10 Å². The third-order valence-corrected chi connectivity index (χ3v) is 3.81. The number of fused-ring (bicyclic) bond motifs is 1. The fraction of sp³-hybridized carbons (Fsp3) is 0.500. The molecule has 7 heteroatoms. The maximum absolute atomic E-state index is 11.7. The van der Waals surface area contributed by atoms with Gasteiger partial charge in [0.15, 0.2) is 11.3 Å². The molecule has 3 rings (SSSR count). The number of carbonyl (C=O) groups excluding carboxylic acids is 1. The molecule has 1 saturated carbocycles. The van der Waals surface area contributed by atoms with Crippen LogP contribution in [0, 0.1) is 0 Å². The third kappa shape index (κ3) is 2.82. The number of hydrogen-bond acceptors (Lipinski definition) is 6. The van der Waals surface area contributed by atoms with Gasteiger partial charge in [0, 0.05) is 6.04 Å². The molecule has 0 radical (unpaired) electrons. The van der Waals surface area contributed by atoms with Crippen LogP contribution in [0.2, 0.25) is 0 Å². The van der Waals surface area contributed by atoms with Crippen LogP contribution in [-0.4, -0.2) is 44.9 Å². The van der Waals surface area contributed by atoms with Crippen LogP contribution in [0.15, 0.2) is 18.3 Å². The van der Waals surface area contributed by atoms with Crippen LogP contribution in [-0.2, 0) is 4.74 Å². The van der Waals surface area contributed by atoms with Gasteiger partial charge in [-0.1, -0.05) is 0 Å². The van der Waals surface area contributed by atoms with Crippen LogP contribution in [0.4, 0.5) is 5.82 Å². The lowest BCUT2D eigenvalue weighted by molar-refractivity contribution is 0.0591. The van der Waals surface area contributed by atoms with Crippen molar-refractivity contribution in [2.45, 2.75) is 37.8 Å². The van der Waals surface area contributed by atoms with Crippen molar-refractivity contribution in [2.75, 3.05) is 12.4 Å². The molecule has 0 saturated heterocycles. The van der Waals surface area contributed by atoms with Gasteiger partial charge in [-0.25, -0.2) is 14.3 Å². The minimum Gasteiger partial charge on any atom is -0.464 e. The Balaban J connectivity index is 1.81. The summed E-state index contributed by atoms with van der Waals surface area (Å²) in [6, 6.07) is 3.94. The Hall–Kier alpha value is -2.15. The number of aliphatic hydroxyl groups is 1. The SMILES string of the molecule is COC(=O)c1cnc2ccc(NC3CCC(O)CC3)nn12. The second-order valence-corrected chi connectivity index (χ2v) is 5.27. The van der Waals surface area contributed by atoms with Gasteiger partial charge in [0.2, 0.25) is 0 Å². The van der Waals surface area contributed by atoms with Crippen molar-refractivity contribution < 1.29 is 14.6 Å². The molecule has 0 atom stereocenters. The highest BCUT2D eigenvalue weighted by Gasteiger charge is 2.20. The van der Waals surface area contributed by atoms with Gasteiger partial charge in [0.05, 0.1) is 19.4 Å². The average Bonchev–Trinajstić information content (AvgIpc) is 2.92. The highest BCUT2D eigenvalue weighted by molar-refractivity contribution is 5.88. The van der Waals surface area contributed by atoms with Crippen molar-refractivity contribution in [3.63, 3.8) is 0 Å². The van der Waals surface area contributed by atoms with Gasteiger partial charge in [-0.2, -0.15) is 0 Å². The van der Waals surface area contributed by atoms with E-state index in [1.165, 1.54) is 17.8 Å². The van der Waals surface area contributed by atoms with Gasteiger partial charge in [0.1, 0.15) is 5.82 Å². The van der Waals surface area contributed by atoms with Crippen LogP contribution >= 0.6 is 0 Å². The summed E-state index contributed by atoms with van der Waals surface area (Å²) < 4.78 is 6.19. The first kappa shape index (κ1) is 13.8. The number of carbonyl (C=O) groups is 1. The van der Waals surface area contributed by atoms with Crippen molar-refractivity contribution >= 4 is 17.4 Å². The first-order valence-corrected chi connectivity index (χ1v) is 7.05. The van der Waals surface area contributed by atoms with Crippen molar-refractivity contribution in [2.24, 2.45) is 0 Å². The lowest BCUT2D eigenvalue weighted by Crippen LogP contribution is -2.28. The third-order valence-electron chi connectivity index (χ3n) is 3.81. The molecule has 0 bridgehead atoms. The quantitative estimate of drug-likeness (QED) is 0.827. The van der Waals surface area contributed by atoms with E-state index in [2.05, 4.69) is 15.4 Å². The molecule has 0 unspecified atom stereocenters. The molecule has 7 nitrogen and oxygen atoms in total. The van der Waals surface area contributed by atoms with Crippen LogP contribution in [0.3, 0.4) is 0 Å². The number of rotatable bonds is 3. The van der Waals surface area contributed by atoms with Crippen molar-refractivity contribution in [3.8, 4) is 0 Å². The van der Waals surface area contributed by atoms with Crippen molar-refractivity contribution in [3.05, 3.63) is 24.0 Å². The monoisotopic (exact) mass is 290 g/mol. The fourth-order valence-corrected chi connectivity index (χ4v) is 2.62. The summed E-state index contributed by atoms with van der Waals surface area (Å²) >= 11 is 0. The highest BCUT2D eigenvalue weighted by Crippen LogP contribution is 2.21. The van der Waals surface area contributed by atoms with Gasteiger partial charge >= 0.3 is 5.97 Å². The molecule has 1 aliphatic rings. The zero-order valence-corrected chi connectivity index (χ0v) is 11.8. The maximum atomic E-state index is 11.7. The zero-order valence-electron chi connectivity index (χ0n) is 11.8. The number of nitrogens with zero attached hydrogens (tertiary/aromatic N) is 3. The molecule has 2 N–H and O–H groups in total. The number of anilines is 1. The molecule has 112 valence electrons. The highest BCUT2D eigenvalue weighted by atomic mass is 16.5. The first-order chi connectivity index (χ1) is 10.2. The standard InChI is InChI=1S/C14H18N4O3/c1-21-14(20)11-8-15-13-7-6-12(17-18(11)13)16-9-2-4-10(19)5-3-9/h6-10,19H,2-5H2,1H3,(H,16,17). The molecule has 1 aliphatic carbocycles. The van der Waals surface area contributed by atoms with Crippen molar-refractivity contribution in [1.29, 1.82) is 0 Å². The number of ether oxygens (including phenoxy) is 1. The molecule has 2 aromatic rings. The van der Waals surface area contributed by atoms with Crippen LogP contribution in [0.5, 0.6) is 0 Å². The Kier molecular flexibility index (Phi) is 3.74. The normalized spacial score (nSPS) is 22.2. The van der Waals surface area contributed by atoms with Gasteiger partial charge in [-0.05, 0) is 37.8 Å². The molecule has 0 aliphatic heterocycles. The number of imidazole rings is 1. The summed E-state index contributed by atoms with van der Waals surface area (Å²) in [5.74, 6) is 0.222. The molecule has 1 fully saturated rings. The lowest BCUT2D eigenvalue weighted by Gasteiger charge is -2.26. The smallest absolute Gasteiger partial charge is 0.358 e. The molecule has 21 heavy (non-hydrogen) atoms. The lowest BCUT2D eigenvalue weighted by atomic mass is 9.93. The summed E-state index contributed by atoms with van der Waals surface area (Å²) in [5, 5.41) is 17.3. The molecule has 0 amide bonds. The summed E-state index contributed by atoms with van der Waals surface area (Å²) in [7, 11) is 1.33. The number of nitrogens with one attached hydrogen (secondary N) is 1. The number of hydrogen-bond donors (Lipinski definition) is 2. The summed E-state index contributed by atoms with van der Waals surface area (Å²) in [6.45, 7) is 0. The Bertz CT molecular complexity index is 647. The van der Waals surface area contributed by atoms with Crippen LogP contribution in [0.1, 0.15) is 36.2 Å². The Morgan fingerprint density at radius 1 is 1.38 bits per heavy atom. The van der Waals surface area contributed by atoms with Crippen molar-refractivity contribution in [1.82, 2.24) is 14.6 Å². The van der Waals surface area contributed by atoms with Gasteiger partial charge in [-0.3, -0.25) is 0 Å². The second kappa shape index (κ2) is 5.69. The minimum atomic E-state index is -0.465. The van der Waals surface area contributed by atoms with Gasteiger partial charge in [0.25, 0.3) is 0 Å². The number of methoxy groups -OCH3 is 1. The predicted molar refractivity (Wildman–Crippen MR) is 76.2 cm³/mol. The number of esters is 1. The molecular weight excluding hydrogens is 272 g/mol. The Morgan fingerprint density at radius 3 is 2.86 bits per heavy atom. The summed E-state index contributed by atoms with van der Waals surface area (Å²) in [4.78, 5) is 15.8. The van der Waals surface area contributed by atoms with E-state index < -0.39 is 5.97 Å². The predicted octanol–water partition coefficient (Wildman–Crippen LogP) is 1.23. The van der Waals surface area contributed by atoms with E-state index in [0.29, 0.717) is 23.2 Å². The maximum Gasteiger partial charge on any atom is 0.358 e. The van der Waals surface area contributed by atoms with E-state index in [1.54, 1.807) is 6.07 Å². The molecular formula is C14H18N4O3.